The molecule has 2 atom stereocenters. The van der Waals surface area contributed by atoms with Crippen LogP contribution in [0.3, 0.4) is 0 Å². The van der Waals surface area contributed by atoms with E-state index in [4.69, 9.17) is 0 Å². The molecule has 0 spiro atoms. The van der Waals surface area contributed by atoms with E-state index in [1.54, 1.807) is 24.3 Å². The lowest BCUT2D eigenvalue weighted by Gasteiger charge is -2.28. The van der Waals surface area contributed by atoms with Gasteiger partial charge in [0.05, 0.1) is 0 Å². The van der Waals surface area contributed by atoms with Crippen molar-refractivity contribution in [2.75, 3.05) is 5.32 Å². The molecule has 3 nitrogen and oxygen atoms in total. The molecule has 2 aliphatic heterocycles. The fourth-order valence-electron chi connectivity index (χ4n) is 3.57. The normalized spacial score (nSPS) is 27.1. The minimum atomic E-state index is -2.45. The summed E-state index contributed by atoms with van der Waals surface area (Å²) in [5.41, 5.74) is 0.590. The Bertz CT molecular complexity index is 529. The van der Waals surface area contributed by atoms with Gasteiger partial charge in [-0.1, -0.05) is 17.8 Å². The van der Waals surface area contributed by atoms with Crippen LogP contribution in [-0.4, -0.2) is 23.7 Å². The number of thioether (sulfide) groups is 1. The zero-order valence-electron chi connectivity index (χ0n) is 12.2. The molecule has 6 heteroatoms. The number of hydrogen-bond donors (Lipinski definition) is 2. The second kappa shape index (κ2) is 6.96. The highest BCUT2D eigenvalue weighted by Gasteiger charge is 2.34. The van der Waals surface area contributed by atoms with E-state index in [2.05, 4.69) is 10.6 Å². The molecule has 0 aromatic heterocycles. The second-order valence-electron chi connectivity index (χ2n) is 6.13. The molecule has 2 heterocycles. The standard InChI is InChI=1S/C16H20F2N2OS/c17-16(18)22-14-3-1-2-11(9-14)20-15(21)8-10-6-12-4-5-13(7-10)19-12/h1-3,9-10,12-13,16,19H,4-8H2,(H,20,21). The molecule has 2 aliphatic rings. The van der Waals surface area contributed by atoms with Gasteiger partial charge in [0.1, 0.15) is 0 Å². The van der Waals surface area contributed by atoms with Gasteiger partial charge in [-0.05, 0) is 49.8 Å². The van der Waals surface area contributed by atoms with Gasteiger partial charge in [-0.15, -0.1) is 0 Å². The lowest BCUT2D eigenvalue weighted by atomic mass is 9.89. The van der Waals surface area contributed by atoms with Gasteiger partial charge in [-0.2, -0.15) is 8.78 Å². The molecule has 2 fully saturated rings. The molecule has 1 aromatic carbocycles. The lowest BCUT2D eigenvalue weighted by molar-refractivity contribution is -0.117. The first-order valence-corrected chi connectivity index (χ1v) is 8.57. The van der Waals surface area contributed by atoms with Gasteiger partial charge in [0.25, 0.3) is 5.76 Å². The zero-order valence-corrected chi connectivity index (χ0v) is 13.0. The van der Waals surface area contributed by atoms with Crippen molar-refractivity contribution >= 4 is 23.4 Å². The molecule has 0 radical (unpaired) electrons. The third kappa shape index (κ3) is 4.20. The number of piperidine rings is 1. The number of nitrogens with one attached hydrogen (secondary N) is 2. The van der Waals surface area contributed by atoms with Crippen LogP contribution in [0.2, 0.25) is 0 Å². The van der Waals surface area contributed by atoms with E-state index in [1.165, 1.54) is 12.8 Å². The summed E-state index contributed by atoms with van der Waals surface area (Å²) in [5, 5.41) is 6.40. The smallest absolute Gasteiger partial charge is 0.288 e. The first-order chi connectivity index (χ1) is 10.6. The summed E-state index contributed by atoms with van der Waals surface area (Å²) in [5.74, 6) is -2.04. The second-order valence-corrected chi connectivity index (χ2v) is 7.20. The Balaban J connectivity index is 1.53. The number of benzene rings is 1. The molecule has 1 aromatic rings. The van der Waals surface area contributed by atoms with Gasteiger partial charge in [0.15, 0.2) is 0 Å². The maximum absolute atomic E-state index is 12.4. The summed E-state index contributed by atoms with van der Waals surface area (Å²) in [6.45, 7) is 0. The van der Waals surface area contributed by atoms with Crippen LogP contribution in [0.15, 0.2) is 29.2 Å². The molecule has 120 valence electrons. The third-order valence-electron chi connectivity index (χ3n) is 4.39. The van der Waals surface area contributed by atoms with Crippen LogP contribution < -0.4 is 10.6 Å². The number of hydrogen-bond acceptors (Lipinski definition) is 3. The average Bonchev–Trinajstić information content (AvgIpc) is 2.77. The van der Waals surface area contributed by atoms with Crippen LogP contribution >= 0.6 is 11.8 Å². The maximum atomic E-state index is 12.4. The summed E-state index contributed by atoms with van der Waals surface area (Å²) in [7, 11) is 0. The number of rotatable bonds is 5. The highest BCUT2D eigenvalue weighted by Crippen LogP contribution is 2.33. The van der Waals surface area contributed by atoms with Gasteiger partial charge in [0.2, 0.25) is 5.91 Å². The maximum Gasteiger partial charge on any atom is 0.288 e. The fourth-order valence-corrected chi connectivity index (χ4v) is 4.12. The predicted octanol–water partition coefficient (Wildman–Crippen LogP) is 3.86. The fraction of sp³-hybridized carbons (Fsp3) is 0.562. The molecule has 2 N–H and O–H groups in total. The molecule has 2 unspecified atom stereocenters. The van der Waals surface area contributed by atoms with E-state index in [-0.39, 0.29) is 5.91 Å². The summed E-state index contributed by atoms with van der Waals surface area (Å²) >= 11 is 0.491. The number of carbonyl (C=O) groups is 1. The first kappa shape index (κ1) is 15.7. The van der Waals surface area contributed by atoms with E-state index in [0.717, 1.165) is 12.8 Å². The number of alkyl halides is 2. The van der Waals surface area contributed by atoms with Crippen LogP contribution in [0, 0.1) is 5.92 Å². The number of carbonyl (C=O) groups excluding carboxylic acids is 1. The average molecular weight is 326 g/mol. The number of amides is 1. The Morgan fingerprint density at radius 3 is 2.73 bits per heavy atom. The molecule has 22 heavy (non-hydrogen) atoms. The van der Waals surface area contributed by atoms with E-state index < -0.39 is 5.76 Å². The Morgan fingerprint density at radius 2 is 2.05 bits per heavy atom. The highest BCUT2D eigenvalue weighted by molar-refractivity contribution is 7.99. The molecular weight excluding hydrogens is 306 g/mol. The molecular formula is C16H20F2N2OS. The SMILES string of the molecule is O=C(CC1CC2CCC(C1)N2)Nc1cccc(SC(F)F)c1. The molecule has 2 saturated heterocycles. The summed E-state index contributed by atoms with van der Waals surface area (Å²) in [6.07, 6.45) is 5.07. The quantitative estimate of drug-likeness (QED) is 0.807. The Kier molecular flexibility index (Phi) is 4.98. The summed E-state index contributed by atoms with van der Waals surface area (Å²) < 4.78 is 24.7. The first-order valence-electron chi connectivity index (χ1n) is 7.69. The zero-order chi connectivity index (χ0) is 15.5. The van der Waals surface area contributed by atoms with Gasteiger partial charge in [-0.3, -0.25) is 4.79 Å². The number of fused-ring (bicyclic) bond motifs is 2. The van der Waals surface area contributed by atoms with Gasteiger partial charge in [-0.25, -0.2) is 0 Å². The van der Waals surface area contributed by atoms with Gasteiger partial charge >= 0.3 is 0 Å². The van der Waals surface area contributed by atoms with Crippen molar-refractivity contribution in [3.63, 3.8) is 0 Å². The van der Waals surface area contributed by atoms with Crippen LogP contribution in [0.1, 0.15) is 32.1 Å². The van der Waals surface area contributed by atoms with Crippen molar-refractivity contribution in [3.8, 4) is 0 Å². The van der Waals surface area contributed by atoms with Crippen molar-refractivity contribution in [2.45, 2.75) is 54.8 Å². The van der Waals surface area contributed by atoms with Gasteiger partial charge in [0, 0.05) is 29.1 Å². The topological polar surface area (TPSA) is 41.1 Å². The number of anilines is 1. The molecule has 1 amide bonds. The van der Waals surface area contributed by atoms with E-state index in [1.807, 2.05) is 0 Å². The highest BCUT2D eigenvalue weighted by atomic mass is 32.2. The van der Waals surface area contributed by atoms with Crippen molar-refractivity contribution in [1.29, 1.82) is 0 Å². The van der Waals surface area contributed by atoms with Crippen LogP contribution in [0.25, 0.3) is 0 Å². The van der Waals surface area contributed by atoms with Crippen molar-refractivity contribution < 1.29 is 13.6 Å². The van der Waals surface area contributed by atoms with Crippen molar-refractivity contribution in [3.05, 3.63) is 24.3 Å². The van der Waals surface area contributed by atoms with E-state index >= 15 is 0 Å². The predicted molar refractivity (Wildman–Crippen MR) is 84.2 cm³/mol. The summed E-state index contributed by atoms with van der Waals surface area (Å²) in [6, 6.07) is 7.78. The molecule has 3 rings (SSSR count). The van der Waals surface area contributed by atoms with Crippen LogP contribution in [0.4, 0.5) is 14.5 Å². The lowest BCUT2D eigenvalue weighted by Crippen LogP contribution is -2.39. The minimum absolute atomic E-state index is 0.0227. The van der Waals surface area contributed by atoms with E-state index in [9.17, 15) is 13.6 Å². The van der Waals surface area contributed by atoms with Crippen LogP contribution in [0.5, 0.6) is 0 Å². The Morgan fingerprint density at radius 1 is 1.32 bits per heavy atom. The summed E-state index contributed by atoms with van der Waals surface area (Å²) in [4.78, 5) is 12.6. The molecule has 0 saturated carbocycles. The molecule has 2 bridgehead atoms. The monoisotopic (exact) mass is 326 g/mol. The molecule has 0 aliphatic carbocycles. The number of halogens is 2. The van der Waals surface area contributed by atoms with Gasteiger partial charge < -0.3 is 10.6 Å². The van der Waals surface area contributed by atoms with Crippen molar-refractivity contribution in [1.82, 2.24) is 5.32 Å². The third-order valence-corrected chi connectivity index (χ3v) is 5.09. The Hall–Kier alpha value is -1.14. The minimum Gasteiger partial charge on any atom is -0.326 e. The van der Waals surface area contributed by atoms with E-state index in [0.29, 0.717) is 46.8 Å². The Labute approximate surface area is 133 Å². The van der Waals surface area contributed by atoms with Crippen molar-refractivity contribution in [2.24, 2.45) is 5.92 Å². The van der Waals surface area contributed by atoms with Crippen LogP contribution in [-0.2, 0) is 4.79 Å². The largest absolute Gasteiger partial charge is 0.326 e.